The molecule has 0 aliphatic rings. The van der Waals surface area contributed by atoms with Crippen LogP contribution in [0.15, 0.2) is 35.1 Å². The van der Waals surface area contributed by atoms with Gasteiger partial charge in [-0.05, 0) is 12.5 Å². The number of unbranched alkanes of at least 4 members (excludes halogenated alkanes) is 1. The van der Waals surface area contributed by atoms with Gasteiger partial charge < -0.3 is 5.11 Å². The van der Waals surface area contributed by atoms with E-state index < -0.39 is 11.5 Å². The van der Waals surface area contributed by atoms with Crippen LogP contribution in [0.4, 0.5) is 5.69 Å². The smallest absolute Gasteiger partial charge is 0.272 e. The zero-order valence-corrected chi connectivity index (χ0v) is 12.2. The van der Waals surface area contributed by atoms with E-state index in [-0.39, 0.29) is 16.8 Å². The fraction of sp³-hybridized carbons (Fsp3) is 0.333. The minimum absolute atomic E-state index is 0.0452. The summed E-state index contributed by atoms with van der Waals surface area (Å²) in [6, 6.07) is 7.52. The first-order chi connectivity index (χ1) is 10.6. The van der Waals surface area contributed by atoms with Gasteiger partial charge in [0.15, 0.2) is 0 Å². The monoisotopic (exact) mass is 303 g/mol. The molecular weight excluding hydrogens is 286 g/mol. The number of hydrogen-bond donors (Lipinski definition) is 1. The molecule has 0 spiro atoms. The second kappa shape index (κ2) is 6.95. The molecule has 0 bridgehead atoms. The largest absolute Gasteiger partial charge is 0.391 e. The average Bonchev–Trinajstić information content (AvgIpc) is 2.54. The third kappa shape index (κ3) is 3.37. The van der Waals surface area contributed by atoms with Gasteiger partial charge in [-0.3, -0.25) is 14.9 Å². The Bertz CT molecular complexity index is 740. The van der Waals surface area contributed by atoms with Crippen molar-refractivity contribution in [1.82, 2.24) is 9.78 Å². The normalized spacial score (nSPS) is 10.6. The number of hydrogen-bond acceptors (Lipinski definition) is 5. The number of aromatic nitrogens is 2. The quantitative estimate of drug-likeness (QED) is 0.651. The Morgan fingerprint density at radius 2 is 2.14 bits per heavy atom. The number of benzene rings is 1. The standard InChI is InChI=1S/C15H17N3O4/c1-2-3-7-17-15(20)12(10-19)9-14(16-17)11-5-4-6-13(8-11)18(21)22/h4-6,8-9,19H,2-3,7,10H2,1H3. The Balaban J connectivity index is 2.52. The first-order valence-electron chi connectivity index (χ1n) is 7.03. The highest BCUT2D eigenvalue weighted by Crippen LogP contribution is 2.22. The van der Waals surface area contributed by atoms with Crippen molar-refractivity contribution in [2.24, 2.45) is 0 Å². The van der Waals surface area contributed by atoms with Crippen molar-refractivity contribution in [3.63, 3.8) is 0 Å². The maximum atomic E-state index is 12.1. The highest BCUT2D eigenvalue weighted by molar-refractivity contribution is 5.62. The molecule has 0 unspecified atom stereocenters. The molecule has 0 saturated carbocycles. The number of non-ortho nitro benzene ring substituents is 1. The summed E-state index contributed by atoms with van der Waals surface area (Å²) in [7, 11) is 0. The molecule has 1 N–H and O–H groups in total. The number of rotatable bonds is 6. The summed E-state index contributed by atoms with van der Waals surface area (Å²) < 4.78 is 1.31. The van der Waals surface area contributed by atoms with Gasteiger partial charge in [0.25, 0.3) is 11.2 Å². The molecule has 1 heterocycles. The number of nitro groups is 1. The molecule has 0 fully saturated rings. The van der Waals surface area contributed by atoms with Crippen LogP contribution in [0.3, 0.4) is 0 Å². The van der Waals surface area contributed by atoms with Crippen molar-refractivity contribution in [1.29, 1.82) is 0 Å². The summed E-state index contributed by atoms with van der Waals surface area (Å²) in [4.78, 5) is 22.5. The summed E-state index contributed by atoms with van der Waals surface area (Å²) >= 11 is 0. The van der Waals surface area contributed by atoms with Crippen LogP contribution < -0.4 is 5.56 Å². The Labute approximate surface area is 127 Å². The summed E-state index contributed by atoms with van der Waals surface area (Å²) in [5.74, 6) is 0. The summed E-state index contributed by atoms with van der Waals surface area (Å²) in [5.41, 5.74) is 0.825. The lowest BCUT2D eigenvalue weighted by Crippen LogP contribution is -2.26. The van der Waals surface area contributed by atoms with Crippen LogP contribution in [0.2, 0.25) is 0 Å². The molecule has 2 aromatic rings. The SMILES string of the molecule is CCCCn1nc(-c2cccc([N+](=O)[O-])c2)cc(CO)c1=O. The van der Waals surface area contributed by atoms with Gasteiger partial charge in [0, 0.05) is 29.8 Å². The number of nitrogens with zero attached hydrogens (tertiary/aromatic N) is 3. The lowest BCUT2D eigenvalue weighted by atomic mass is 10.1. The first kappa shape index (κ1) is 15.8. The zero-order chi connectivity index (χ0) is 16.1. The lowest BCUT2D eigenvalue weighted by Gasteiger charge is -2.09. The predicted molar refractivity (Wildman–Crippen MR) is 81.4 cm³/mol. The van der Waals surface area contributed by atoms with Crippen LogP contribution in [-0.2, 0) is 13.2 Å². The van der Waals surface area contributed by atoms with Gasteiger partial charge in [-0.15, -0.1) is 0 Å². The first-order valence-corrected chi connectivity index (χ1v) is 7.03. The van der Waals surface area contributed by atoms with Crippen molar-refractivity contribution < 1.29 is 10.0 Å². The van der Waals surface area contributed by atoms with Gasteiger partial charge in [0.05, 0.1) is 17.2 Å². The van der Waals surface area contributed by atoms with E-state index in [9.17, 15) is 20.0 Å². The van der Waals surface area contributed by atoms with Crippen molar-refractivity contribution >= 4 is 5.69 Å². The fourth-order valence-corrected chi connectivity index (χ4v) is 2.09. The maximum absolute atomic E-state index is 12.1. The Hall–Kier alpha value is -2.54. The van der Waals surface area contributed by atoms with Gasteiger partial charge in [-0.2, -0.15) is 5.10 Å². The second-order valence-electron chi connectivity index (χ2n) is 4.90. The van der Waals surface area contributed by atoms with Crippen LogP contribution in [0, 0.1) is 10.1 Å². The van der Waals surface area contributed by atoms with Crippen molar-refractivity contribution in [2.45, 2.75) is 32.9 Å². The molecule has 0 saturated heterocycles. The van der Waals surface area contributed by atoms with Crippen LogP contribution in [0.25, 0.3) is 11.3 Å². The topological polar surface area (TPSA) is 98.3 Å². The molecule has 7 nitrogen and oxygen atoms in total. The Kier molecular flexibility index (Phi) is 5.00. The zero-order valence-electron chi connectivity index (χ0n) is 12.2. The molecule has 2 rings (SSSR count). The van der Waals surface area contributed by atoms with Crippen molar-refractivity contribution in [2.75, 3.05) is 0 Å². The third-order valence-electron chi connectivity index (χ3n) is 3.30. The molecule has 1 aromatic heterocycles. The fourth-order valence-electron chi connectivity index (χ4n) is 2.09. The molecule has 0 amide bonds. The number of nitro benzene ring substituents is 1. The van der Waals surface area contributed by atoms with E-state index in [0.717, 1.165) is 12.8 Å². The molecule has 0 atom stereocenters. The Morgan fingerprint density at radius 1 is 1.36 bits per heavy atom. The molecule has 22 heavy (non-hydrogen) atoms. The van der Waals surface area contributed by atoms with E-state index in [1.807, 2.05) is 6.92 Å². The third-order valence-corrected chi connectivity index (χ3v) is 3.30. The van der Waals surface area contributed by atoms with Gasteiger partial charge in [-0.1, -0.05) is 25.5 Å². The molecule has 116 valence electrons. The van der Waals surface area contributed by atoms with E-state index in [1.165, 1.54) is 22.9 Å². The summed E-state index contributed by atoms with van der Waals surface area (Å²) in [6.07, 6.45) is 1.69. The average molecular weight is 303 g/mol. The van der Waals surface area contributed by atoms with Crippen LogP contribution >= 0.6 is 0 Å². The van der Waals surface area contributed by atoms with E-state index in [2.05, 4.69) is 5.10 Å². The van der Waals surface area contributed by atoms with E-state index in [0.29, 0.717) is 17.8 Å². The van der Waals surface area contributed by atoms with Gasteiger partial charge in [0.1, 0.15) is 0 Å². The van der Waals surface area contributed by atoms with Crippen LogP contribution in [0.1, 0.15) is 25.3 Å². The molecule has 1 aromatic carbocycles. The summed E-state index contributed by atoms with van der Waals surface area (Å²) in [5, 5.41) is 24.5. The minimum atomic E-state index is -0.483. The second-order valence-corrected chi connectivity index (χ2v) is 4.90. The molecule has 0 aliphatic carbocycles. The maximum Gasteiger partial charge on any atom is 0.272 e. The van der Waals surface area contributed by atoms with E-state index in [1.54, 1.807) is 12.1 Å². The highest BCUT2D eigenvalue weighted by atomic mass is 16.6. The van der Waals surface area contributed by atoms with Crippen molar-refractivity contribution in [3.05, 3.63) is 56.4 Å². The van der Waals surface area contributed by atoms with Crippen LogP contribution in [0.5, 0.6) is 0 Å². The predicted octanol–water partition coefficient (Wildman–Crippen LogP) is 2.11. The van der Waals surface area contributed by atoms with Gasteiger partial charge in [0.2, 0.25) is 0 Å². The Morgan fingerprint density at radius 3 is 2.77 bits per heavy atom. The summed E-state index contributed by atoms with van der Waals surface area (Å²) in [6.45, 7) is 2.06. The van der Waals surface area contributed by atoms with Crippen LogP contribution in [-0.4, -0.2) is 19.8 Å². The number of aryl methyl sites for hydroxylation is 1. The number of aliphatic hydroxyl groups is 1. The van der Waals surface area contributed by atoms with E-state index >= 15 is 0 Å². The van der Waals surface area contributed by atoms with Crippen molar-refractivity contribution in [3.8, 4) is 11.3 Å². The highest BCUT2D eigenvalue weighted by Gasteiger charge is 2.12. The van der Waals surface area contributed by atoms with E-state index in [4.69, 9.17) is 0 Å². The molecule has 0 radical (unpaired) electrons. The van der Waals surface area contributed by atoms with Gasteiger partial charge >= 0.3 is 0 Å². The lowest BCUT2D eigenvalue weighted by molar-refractivity contribution is -0.384. The minimum Gasteiger partial charge on any atom is -0.391 e. The molecule has 0 aliphatic heterocycles. The molecule has 7 heteroatoms. The number of aliphatic hydroxyl groups excluding tert-OH is 1. The molecular formula is C15H17N3O4. The van der Waals surface area contributed by atoms with Gasteiger partial charge in [-0.25, -0.2) is 4.68 Å².